The zero-order chi connectivity index (χ0) is 21.3. The summed E-state index contributed by atoms with van der Waals surface area (Å²) in [6.07, 6.45) is 2.12. The molecule has 7 heteroatoms. The van der Waals surface area contributed by atoms with E-state index in [0.717, 1.165) is 31.5 Å². The number of likely N-dealkylation sites (tertiary alicyclic amines) is 1. The van der Waals surface area contributed by atoms with E-state index in [1.807, 2.05) is 30.0 Å². The number of rotatable bonds is 8. The van der Waals surface area contributed by atoms with Crippen molar-refractivity contribution in [2.75, 3.05) is 26.3 Å². The standard InChI is InChI=1S/C23H25N3O4/c1-2-29-21-13-18(14-24)7-10-20(21)30-16-22(27)25-15-17-5-8-19(9-6-17)23(28)26-11-3-4-12-26/h5-10,13H,2-4,11-12,15-16H2,1H3,(H,25,27). The molecule has 0 aromatic heterocycles. The first-order valence-corrected chi connectivity index (χ1v) is 10.1. The molecule has 1 fully saturated rings. The summed E-state index contributed by atoms with van der Waals surface area (Å²) in [5, 5.41) is 11.8. The van der Waals surface area contributed by atoms with Gasteiger partial charge in [-0.1, -0.05) is 12.1 Å². The topological polar surface area (TPSA) is 91.7 Å². The number of carbonyl (C=O) groups excluding carboxylic acids is 2. The average Bonchev–Trinajstić information content (AvgIpc) is 3.32. The third kappa shape index (κ3) is 5.51. The van der Waals surface area contributed by atoms with Gasteiger partial charge in [0.2, 0.25) is 0 Å². The predicted molar refractivity (Wildman–Crippen MR) is 111 cm³/mol. The van der Waals surface area contributed by atoms with Crippen molar-refractivity contribution in [1.82, 2.24) is 10.2 Å². The lowest BCUT2D eigenvalue weighted by Crippen LogP contribution is -2.29. The van der Waals surface area contributed by atoms with Crippen molar-refractivity contribution < 1.29 is 19.1 Å². The second-order valence-corrected chi connectivity index (χ2v) is 6.97. The van der Waals surface area contributed by atoms with Crippen LogP contribution in [0.25, 0.3) is 0 Å². The normalized spacial score (nSPS) is 12.9. The van der Waals surface area contributed by atoms with E-state index >= 15 is 0 Å². The van der Waals surface area contributed by atoms with Crippen LogP contribution in [0, 0.1) is 11.3 Å². The second kappa shape index (κ2) is 10.3. The zero-order valence-electron chi connectivity index (χ0n) is 17.0. The number of hydrogen-bond donors (Lipinski definition) is 1. The van der Waals surface area contributed by atoms with Crippen LogP contribution in [0.4, 0.5) is 0 Å². The highest BCUT2D eigenvalue weighted by atomic mass is 16.5. The Kier molecular flexibility index (Phi) is 7.28. The van der Waals surface area contributed by atoms with E-state index in [2.05, 4.69) is 5.32 Å². The molecule has 0 aliphatic carbocycles. The molecule has 2 aromatic rings. The zero-order valence-corrected chi connectivity index (χ0v) is 17.0. The van der Waals surface area contributed by atoms with Gasteiger partial charge in [-0.15, -0.1) is 0 Å². The van der Waals surface area contributed by atoms with Crippen molar-refractivity contribution >= 4 is 11.8 Å². The van der Waals surface area contributed by atoms with Gasteiger partial charge in [0.1, 0.15) is 0 Å². The van der Waals surface area contributed by atoms with Gasteiger partial charge in [-0.25, -0.2) is 0 Å². The second-order valence-electron chi connectivity index (χ2n) is 6.97. The van der Waals surface area contributed by atoms with Crippen molar-refractivity contribution in [3.8, 4) is 17.6 Å². The van der Waals surface area contributed by atoms with Crippen LogP contribution in [0.15, 0.2) is 42.5 Å². The van der Waals surface area contributed by atoms with Gasteiger partial charge in [-0.3, -0.25) is 9.59 Å². The first-order valence-electron chi connectivity index (χ1n) is 10.1. The highest BCUT2D eigenvalue weighted by Crippen LogP contribution is 2.28. The summed E-state index contributed by atoms with van der Waals surface area (Å²) in [4.78, 5) is 26.4. The molecular weight excluding hydrogens is 382 g/mol. The van der Waals surface area contributed by atoms with Crippen LogP contribution in [0.1, 0.15) is 41.3 Å². The van der Waals surface area contributed by atoms with Gasteiger partial charge in [-0.2, -0.15) is 5.26 Å². The van der Waals surface area contributed by atoms with Crippen molar-refractivity contribution in [3.05, 3.63) is 59.2 Å². The monoisotopic (exact) mass is 407 g/mol. The number of nitriles is 1. The van der Waals surface area contributed by atoms with Gasteiger partial charge in [-0.05, 0) is 49.6 Å². The Bertz CT molecular complexity index is 928. The number of hydrogen-bond acceptors (Lipinski definition) is 5. The molecule has 0 bridgehead atoms. The largest absolute Gasteiger partial charge is 0.490 e. The maximum Gasteiger partial charge on any atom is 0.258 e. The van der Waals surface area contributed by atoms with Gasteiger partial charge in [0.15, 0.2) is 18.1 Å². The number of ether oxygens (including phenoxy) is 2. The van der Waals surface area contributed by atoms with E-state index in [-0.39, 0.29) is 18.4 Å². The number of nitrogens with one attached hydrogen (secondary N) is 1. The molecule has 0 atom stereocenters. The Morgan fingerprint density at radius 1 is 1.07 bits per heavy atom. The number of nitrogens with zero attached hydrogens (tertiary/aromatic N) is 2. The predicted octanol–water partition coefficient (Wildman–Crippen LogP) is 2.89. The summed E-state index contributed by atoms with van der Waals surface area (Å²) in [5.74, 6) is 0.626. The molecule has 156 valence electrons. The van der Waals surface area contributed by atoms with E-state index in [0.29, 0.717) is 35.8 Å². The Balaban J connectivity index is 1.49. The minimum Gasteiger partial charge on any atom is -0.490 e. The van der Waals surface area contributed by atoms with Crippen LogP contribution in [-0.2, 0) is 11.3 Å². The van der Waals surface area contributed by atoms with Crippen LogP contribution in [0.5, 0.6) is 11.5 Å². The Morgan fingerprint density at radius 2 is 1.80 bits per heavy atom. The summed E-state index contributed by atoms with van der Waals surface area (Å²) in [7, 11) is 0. The highest BCUT2D eigenvalue weighted by molar-refractivity contribution is 5.94. The molecule has 1 aliphatic heterocycles. The van der Waals surface area contributed by atoms with E-state index in [9.17, 15) is 9.59 Å². The summed E-state index contributed by atoms with van der Waals surface area (Å²) in [5.41, 5.74) is 2.02. The van der Waals surface area contributed by atoms with Gasteiger partial charge < -0.3 is 19.7 Å². The van der Waals surface area contributed by atoms with Gasteiger partial charge in [0.25, 0.3) is 11.8 Å². The fourth-order valence-electron chi connectivity index (χ4n) is 3.23. The fourth-order valence-corrected chi connectivity index (χ4v) is 3.23. The first-order chi connectivity index (χ1) is 14.6. The molecule has 0 saturated carbocycles. The van der Waals surface area contributed by atoms with Crippen LogP contribution >= 0.6 is 0 Å². The summed E-state index contributed by atoms with van der Waals surface area (Å²) >= 11 is 0. The molecule has 0 radical (unpaired) electrons. The van der Waals surface area contributed by atoms with Crippen LogP contribution in [0.2, 0.25) is 0 Å². The molecule has 2 aromatic carbocycles. The molecule has 1 N–H and O–H groups in total. The molecule has 0 spiro atoms. The molecule has 1 saturated heterocycles. The molecule has 30 heavy (non-hydrogen) atoms. The minimum absolute atomic E-state index is 0.0593. The third-order valence-corrected chi connectivity index (χ3v) is 4.82. The average molecular weight is 407 g/mol. The van der Waals surface area contributed by atoms with E-state index in [1.54, 1.807) is 30.3 Å². The van der Waals surface area contributed by atoms with Crippen molar-refractivity contribution in [2.45, 2.75) is 26.3 Å². The van der Waals surface area contributed by atoms with E-state index in [1.165, 1.54) is 0 Å². The smallest absolute Gasteiger partial charge is 0.258 e. The molecule has 1 heterocycles. The molecule has 7 nitrogen and oxygen atoms in total. The first kappa shape index (κ1) is 21.2. The Labute approximate surface area is 176 Å². The lowest BCUT2D eigenvalue weighted by atomic mass is 10.1. The molecule has 2 amide bonds. The maximum atomic E-state index is 12.4. The number of amides is 2. The third-order valence-electron chi connectivity index (χ3n) is 4.82. The van der Waals surface area contributed by atoms with Crippen molar-refractivity contribution in [3.63, 3.8) is 0 Å². The van der Waals surface area contributed by atoms with E-state index in [4.69, 9.17) is 14.7 Å². The maximum absolute atomic E-state index is 12.4. The van der Waals surface area contributed by atoms with Crippen LogP contribution < -0.4 is 14.8 Å². The summed E-state index contributed by atoms with van der Waals surface area (Å²) in [6, 6.07) is 14.1. The SMILES string of the molecule is CCOc1cc(C#N)ccc1OCC(=O)NCc1ccc(C(=O)N2CCCC2)cc1. The number of benzene rings is 2. The Hall–Kier alpha value is -3.53. The quantitative estimate of drug-likeness (QED) is 0.727. The Morgan fingerprint density at radius 3 is 2.47 bits per heavy atom. The molecular formula is C23H25N3O4. The lowest BCUT2D eigenvalue weighted by Gasteiger charge is -2.15. The van der Waals surface area contributed by atoms with Crippen LogP contribution in [-0.4, -0.2) is 43.0 Å². The van der Waals surface area contributed by atoms with Crippen molar-refractivity contribution in [2.24, 2.45) is 0 Å². The van der Waals surface area contributed by atoms with Gasteiger partial charge in [0.05, 0.1) is 18.2 Å². The number of carbonyl (C=O) groups is 2. The molecule has 0 unspecified atom stereocenters. The molecule has 3 rings (SSSR count). The highest BCUT2D eigenvalue weighted by Gasteiger charge is 2.19. The molecule has 1 aliphatic rings. The van der Waals surface area contributed by atoms with Crippen LogP contribution in [0.3, 0.4) is 0 Å². The van der Waals surface area contributed by atoms with E-state index < -0.39 is 0 Å². The van der Waals surface area contributed by atoms with Gasteiger partial charge in [0, 0.05) is 31.3 Å². The minimum atomic E-state index is -0.279. The lowest BCUT2D eigenvalue weighted by molar-refractivity contribution is -0.123. The fraction of sp³-hybridized carbons (Fsp3) is 0.348. The van der Waals surface area contributed by atoms with Gasteiger partial charge >= 0.3 is 0 Å². The van der Waals surface area contributed by atoms with Crippen molar-refractivity contribution in [1.29, 1.82) is 5.26 Å². The summed E-state index contributed by atoms with van der Waals surface area (Å²) in [6.45, 7) is 4.07. The summed E-state index contributed by atoms with van der Waals surface area (Å²) < 4.78 is 11.0.